The third-order valence-electron chi connectivity index (χ3n) is 5.91. The molecule has 0 amide bonds. The summed E-state index contributed by atoms with van der Waals surface area (Å²) < 4.78 is 27.1. The molecule has 28 heavy (non-hydrogen) atoms. The maximum Gasteiger partial charge on any atom is 0.227 e. The highest BCUT2D eigenvalue weighted by Gasteiger charge is 2.24. The van der Waals surface area contributed by atoms with Gasteiger partial charge < -0.3 is 15.1 Å². The van der Waals surface area contributed by atoms with Crippen molar-refractivity contribution in [3.05, 3.63) is 11.3 Å². The number of anilines is 2. The van der Waals surface area contributed by atoms with Crippen LogP contribution in [0.2, 0.25) is 0 Å². The summed E-state index contributed by atoms with van der Waals surface area (Å²) in [6.45, 7) is 4.81. The molecule has 1 saturated carbocycles. The molecular formula is C19H32N6O2S. The van der Waals surface area contributed by atoms with Crippen molar-refractivity contribution in [2.24, 2.45) is 5.92 Å². The molecule has 1 aliphatic heterocycles. The molecule has 1 aromatic heterocycles. The van der Waals surface area contributed by atoms with Gasteiger partial charge in [0, 0.05) is 44.8 Å². The van der Waals surface area contributed by atoms with Crippen LogP contribution in [-0.2, 0) is 22.9 Å². The molecule has 0 spiro atoms. The second-order valence-electron chi connectivity index (χ2n) is 8.33. The molecule has 0 unspecified atom stereocenters. The number of aryl methyl sites for hydroxylation is 1. The molecule has 2 aliphatic carbocycles. The van der Waals surface area contributed by atoms with Crippen molar-refractivity contribution in [1.82, 2.24) is 19.6 Å². The summed E-state index contributed by atoms with van der Waals surface area (Å²) in [7, 11) is -1.10. The van der Waals surface area contributed by atoms with Gasteiger partial charge in [0.05, 0.1) is 11.4 Å². The third-order valence-corrected chi connectivity index (χ3v) is 7.26. The summed E-state index contributed by atoms with van der Waals surface area (Å²) in [6.07, 6.45) is 6.53. The molecule has 156 valence electrons. The van der Waals surface area contributed by atoms with Crippen molar-refractivity contribution in [2.75, 3.05) is 62.3 Å². The molecule has 1 saturated heterocycles. The van der Waals surface area contributed by atoms with Crippen molar-refractivity contribution in [3.8, 4) is 0 Å². The minimum Gasteiger partial charge on any atom is -0.369 e. The first-order valence-corrected chi connectivity index (χ1v) is 12.2. The Balaban J connectivity index is 1.43. The Labute approximate surface area is 168 Å². The lowest BCUT2D eigenvalue weighted by Gasteiger charge is -2.33. The van der Waals surface area contributed by atoms with E-state index in [0.717, 1.165) is 82.2 Å². The van der Waals surface area contributed by atoms with E-state index in [9.17, 15) is 8.42 Å². The Hall–Kier alpha value is -1.45. The van der Waals surface area contributed by atoms with Crippen LogP contribution in [0.3, 0.4) is 0 Å². The van der Waals surface area contributed by atoms with Crippen LogP contribution in [0.1, 0.15) is 36.9 Å². The third kappa shape index (κ3) is 5.12. The van der Waals surface area contributed by atoms with Crippen LogP contribution in [0, 0.1) is 5.92 Å². The largest absolute Gasteiger partial charge is 0.369 e. The highest BCUT2D eigenvalue weighted by molar-refractivity contribution is 7.89. The van der Waals surface area contributed by atoms with Gasteiger partial charge in [-0.15, -0.1) is 0 Å². The Bertz CT molecular complexity index is 788. The van der Waals surface area contributed by atoms with Gasteiger partial charge in [-0.25, -0.2) is 18.1 Å². The monoisotopic (exact) mass is 408 g/mol. The number of likely N-dealkylation sites (N-methyl/N-ethyl adjacent to an activating group) is 1. The number of aromatic nitrogens is 2. The summed E-state index contributed by atoms with van der Waals surface area (Å²) in [5.41, 5.74) is 2.31. The second-order valence-corrected chi connectivity index (χ2v) is 10.3. The van der Waals surface area contributed by atoms with Gasteiger partial charge in [0.25, 0.3) is 0 Å². The number of hydrogen-bond acceptors (Lipinski definition) is 7. The van der Waals surface area contributed by atoms with Crippen molar-refractivity contribution < 1.29 is 8.42 Å². The summed E-state index contributed by atoms with van der Waals surface area (Å²) >= 11 is 0. The van der Waals surface area contributed by atoms with Gasteiger partial charge in [-0.05, 0) is 51.5 Å². The zero-order valence-corrected chi connectivity index (χ0v) is 17.6. The van der Waals surface area contributed by atoms with E-state index >= 15 is 0 Å². The zero-order valence-electron chi connectivity index (χ0n) is 16.8. The van der Waals surface area contributed by atoms with Crippen LogP contribution in [-0.4, -0.2) is 75.4 Å². The number of nitrogens with one attached hydrogen (secondary N) is 2. The van der Waals surface area contributed by atoms with Crippen molar-refractivity contribution >= 4 is 21.8 Å². The molecule has 1 aromatic rings. The molecule has 8 nitrogen and oxygen atoms in total. The van der Waals surface area contributed by atoms with E-state index in [4.69, 9.17) is 9.97 Å². The van der Waals surface area contributed by atoms with E-state index in [1.54, 1.807) is 0 Å². The molecule has 0 aromatic carbocycles. The lowest BCUT2D eigenvalue weighted by Crippen LogP contribution is -2.45. The Morgan fingerprint density at radius 1 is 1.07 bits per heavy atom. The first-order valence-electron chi connectivity index (χ1n) is 10.5. The molecule has 9 heteroatoms. The number of rotatable bonds is 8. The van der Waals surface area contributed by atoms with Gasteiger partial charge in [0.1, 0.15) is 5.82 Å². The molecule has 2 heterocycles. The van der Waals surface area contributed by atoms with Crippen molar-refractivity contribution in [3.63, 3.8) is 0 Å². The van der Waals surface area contributed by atoms with Crippen molar-refractivity contribution in [1.29, 1.82) is 0 Å². The fourth-order valence-corrected chi connectivity index (χ4v) is 4.82. The summed E-state index contributed by atoms with van der Waals surface area (Å²) in [6, 6.07) is 0. The Morgan fingerprint density at radius 2 is 1.82 bits per heavy atom. The van der Waals surface area contributed by atoms with Gasteiger partial charge >= 0.3 is 0 Å². The lowest BCUT2D eigenvalue weighted by atomic mass is 9.96. The van der Waals surface area contributed by atoms with Gasteiger partial charge in [0.2, 0.25) is 16.0 Å². The number of sulfonamides is 1. The molecule has 2 N–H and O–H groups in total. The molecule has 3 aliphatic rings. The first kappa shape index (κ1) is 19.8. The van der Waals surface area contributed by atoms with E-state index < -0.39 is 10.0 Å². The van der Waals surface area contributed by atoms with Crippen LogP contribution in [0.5, 0.6) is 0 Å². The highest BCUT2D eigenvalue weighted by Crippen LogP contribution is 2.29. The van der Waals surface area contributed by atoms with Crippen LogP contribution < -0.4 is 14.9 Å². The van der Waals surface area contributed by atoms with Crippen LogP contribution in [0.4, 0.5) is 11.8 Å². The van der Waals surface area contributed by atoms with Gasteiger partial charge in [-0.2, -0.15) is 4.98 Å². The fourth-order valence-electron chi connectivity index (χ4n) is 3.82. The Kier molecular flexibility index (Phi) is 6.03. The van der Waals surface area contributed by atoms with Gasteiger partial charge in [-0.3, -0.25) is 0 Å². The molecule has 0 bridgehead atoms. The Morgan fingerprint density at radius 3 is 2.57 bits per heavy atom. The normalized spacial score (nSPS) is 20.8. The lowest BCUT2D eigenvalue weighted by molar-refractivity contribution is 0.311. The maximum absolute atomic E-state index is 12.2. The zero-order chi connectivity index (χ0) is 19.6. The van der Waals surface area contributed by atoms with Crippen LogP contribution in [0.25, 0.3) is 0 Å². The minimum atomic E-state index is -3.24. The predicted molar refractivity (Wildman–Crippen MR) is 111 cm³/mol. The minimum absolute atomic E-state index is 0.0718. The maximum atomic E-state index is 12.2. The smallest absolute Gasteiger partial charge is 0.227 e. The van der Waals surface area contributed by atoms with Crippen molar-refractivity contribution in [2.45, 2.75) is 38.5 Å². The number of piperazine rings is 1. The summed E-state index contributed by atoms with van der Waals surface area (Å²) in [5, 5.41) is 3.31. The summed E-state index contributed by atoms with van der Waals surface area (Å²) in [5.74, 6) is 2.23. The van der Waals surface area contributed by atoms with E-state index in [2.05, 4.69) is 26.9 Å². The van der Waals surface area contributed by atoms with E-state index in [1.807, 2.05) is 0 Å². The molecular weight excluding hydrogens is 376 g/mol. The van der Waals surface area contributed by atoms with E-state index in [-0.39, 0.29) is 5.75 Å². The average Bonchev–Trinajstić information content (AvgIpc) is 3.51. The van der Waals surface area contributed by atoms with Crippen LogP contribution in [0.15, 0.2) is 0 Å². The standard InChI is InChI=1S/C19H32N6O2S/c1-24-9-11-25(12-10-24)19-22-17-5-3-2-4-16(17)18(23-19)20-8-13-28(26,27)21-14-15-6-7-15/h15,21H,2-14H2,1H3,(H,20,22,23). The number of nitrogens with zero attached hydrogens (tertiary/aromatic N) is 4. The van der Waals surface area contributed by atoms with Crippen LogP contribution >= 0.6 is 0 Å². The molecule has 0 atom stereocenters. The van der Waals surface area contributed by atoms with E-state index in [1.165, 1.54) is 5.56 Å². The molecule has 0 radical (unpaired) electrons. The average molecular weight is 409 g/mol. The molecule has 2 fully saturated rings. The highest BCUT2D eigenvalue weighted by atomic mass is 32.2. The second kappa shape index (κ2) is 8.51. The van der Waals surface area contributed by atoms with Gasteiger partial charge in [0.15, 0.2) is 0 Å². The first-order chi connectivity index (χ1) is 13.5. The summed E-state index contributed by atoms with van der Waals surface area (Å²) in [4.78, 5) is 14.2. The molecule has 4 rings (SSSR count). The van der Waals surface area contributed by atoms with E-state index in [0.29, 0.717) is 19.0 Å². The quantitative estimate of drug-likeness (QED) is 0.659. The topological polar surface area (TPSA) is 90.5 Å². The van der Waals surface area contributed by atoms with Gasteiger partial charge in [-0.1, -0.05) is 0 Å². The number of hydrogen-bond donors (Lipinski definition) is 2. The predicted octanol–water partition coefficient (Wildman–Crippen LogP) is 0.849. The fraction of sp³-hybridized carbons (Fsp3) is 0.789. The number of fused-ring (bicyclic) bond motifs is 1. The SMILES string of the molecule is CN1CCN(c2nc3c(c(NCCS(=O)(=O)NCC4CC4)n2)CCCC3)CC1.